The molecule has 0 saturated carbocycles. The number of nitrogens with zero attached hydrogens (tertiary/aromatic N) is 1. The normalized spacial score (nSPS) is 14.2. The third kappa shape index (κ3) is 2.51. The molecular weight excluding hydrogens is 165 g/mol. The number of halogens is 1. The lowest BCUT2D eigenvalue weighted by molar-refractivity contribution is 0.333. The Morgan fingerprint density at radius 1 is 1.31 bits per heavy atom. The van der Waals surface area contributed by atoms with E-state index in [-0.39, 0.29) is 11.2 Å². The van der Waals surface area contributed by atoms with Crippen molar-refractivity contribution in [2.24, 2.45) is 5.41 Å². The van der Waals surface area contributed by atoms with Crippen molar-refractivity contribution in [1.82, 2.24) is 4.98 Å². The standard InChI is InChI=1S/C11H16FN/c1-8(11(2,3)4)10-6-5-9(12)7-13-10/h5-8H,1-4H3. The second kappa shape index (κ2) is 3.44. The Labute approximate surface area is 79.0 Å². The predicted molar refractivity (Wildman–Crippen MR) is 52.1 cm³/mol. The lowest BCUT2D eigenvalue weighted by Gasteiger charge is -2.26. The molecule has 1 nitrogen and oxygen atoms in total. The molecule has 0 N–H and O–H groups in total. The molecule has 1 atom stereocenters. The van der Waals surface area contributed by atoms with Crippen LogP contribution in [0.4, 0.5) is 4.39 Å². The largest absolute Gasteiger partial charge is 0.258 e. The van der Waals surface area contributed by atoms with Crippen molar-refractivity contribution in [3.63, 3.8) is 0 Å². The van der Waals surface area contributed by atoms with Crippen LogP contribution in [0.15, 0.2) is 18.3 Å². The predicted octanol–water partition coefficient (Wildman–Crippen LogP) is 3.37. The second-order valence-corrected chi connectivity index (χ2v) is 4.49. The molecule has 0 fully saturated rings. The van der Waals surface area contributed by atoms with Gasteiger partial charge in [-0.2, -0.15) is 0 Å². The van der Waals surface area contributed by atoms with E-state index in [1.165, 1.54) is 12.3 Å². The van der Waals surface area contributed by atoms with Gasteiger partial charge in [0.2, 0.25) is 0 Å². The highest BCUT2D eigenvalue weighted by Gasteiger charge is 2.22. The van der Waals surface area contributed by atoms with Gasteiger partial charge < -0.3 is 0 Å². The zero-order valence-corrected chi connectivity index (χ0v) is 8.63. The summed E-state index contributed by atoms with van der Waals surface area (Å²) in [5.41, 5.74) is 1.12. The van der Waals surface area contributed by atoms with Crippen molar-refractivity contribution in [3.8, 4) is 0 Å². The van der Waals surface area contributed by atoms with E-state index in [0.717, 1.165) is 5.69 Å². The Hall–Kier alpha value is -0.920. The van der Waals surface area contributed by atoms with Gasteiger partial charge in [0.1, 0.15) is 5.82 Å². The van der Waals surface area contributed by atoms with Crippen molar-refractivity contribution < 1.29 is 4.39 Å². The number of hydrogen-bond donors (Lipinski definition) is 0. The van der Waals surface area contributed by atoms with E-state index < -0.39 is 0 Å². The van der Waals surface area contributed by atoms with Gasteiger partial charge in [0.15, 0.2) is 0 Å². The van der Waals surface area contributed by atoms with Crippen LogP contribution in [-0.4, -0.2) is 4.98 Å². The van der Waals surface area contributed by atoms with Crippen LogP contribution in [0.1, 0.15) is 39.3 Å². The summed E-state index contributed by atoms with van der Waals surface area (Å²) in [7, 11) is 0. The zero-order valence-electron chi connectivity index (χ0n) is 8.63. The van der Waals surface area contributed by atoms with Crippen LogP contribution in [-0.2, 0) is 0 Å². The Morgan fingerprint density at radius 2 is 1.92 bits per heavy atom. The first kappa shape index (κ1) is 10.2. The van der Waals surface area contributed by atoms with Crippen molar-refractivity contribution in [3.05, 3.63) is 29.8 Å². The van der Waals surface area contributed by atoms with Gasteiger partial charge in [0.25, 0.3) is 0 Å². The molecule has 0 spiro atoms. The Balaban J connectivity index is 2.90. The zero-order chi connectivity index (χ0) is 10.1. The monoisotopic (exact) mass is 181 g/mol. The molecule has 0 radical (unpaired) electrons. The third-order valence-electron chi connectivity index (χ3n) is 2.49. The number of aromatic nitrogens is 1. The minimum atomic E-state index is -0.273. The molecule has 0 aliphatic heterocycles. The molecule has 1 heterocycles. The molecule has 72 valence electrons. The van der Waals surface area contributed by atoms with Gasteiger partial charge in [0.05, 0.1) is 6.20 Å². The summed E-state index contributed by atoms with van der Waals surface area (Å²) < 4.78 is 12.6. The molecule has 1 aromatic heterocycles. The van der Waals surface area contributed by atoms with E-state index in [1.807, 2.05) is 0 Å². The van der Waals surface area contributed by atoms with E-state index in [4.69, 9.17) is 0 Å². The highest BCUT2D eigenvalue weighted by molar-refractivity contribution is 5.11. The fourth-order valence-corrected chi connectivity index (χ4v) is 1.09. The van der Waals surface area contributed by atoms with Gasteiger partial charge in [-0.05, 0) is 17.5 Å². The lowest BCUT2D eigenvalue weighted by Crippen LogP contribution is -2.16. The molecular formula is C11H16FN. The maximum Gasteiger partial charge on any atom is 0.141 e. The van der Waals surface area contributed by atoms with Crippen LogP contribution in [0.25, 0.3) is 0 Å². The van der Waals surface area contributed by atoms with Gasteiger partial charge in [-0.1, -0.05) is 27.7 Å². The van der Waals surface area contributed by atoms with Crippen LogP contribution in [0.2, 0.25) is 0 Å². The van der Waals surface area contributed by atoms with Crippen LogP contribution in [0.5, 0.6) is 0 Å². The molecule has 0 amide bonds. The summed E-state index contributed by atoms with van der Waals surface area (Å²) in [5, 5.41) is 0. The maximum atomic E-state index is 12.6. The maximum absolute atomic E-state index is 12.6. The number of hydrogen-bond acceptors (Lipinski definition) is 1. The first-order chi connectivity index (χ1) is 5.91. The van der Waals surface area contributed by atoms with Crippen LogP contribution in [0.3, 0.4) is 0 Å². The summed E-state index contributed by atoms with van der Waals surface area (Å²) in [6, 6.07) is 3.22. The van der Waals surface area contributed by atoms with E-state index in [1.54, 1.807) is 6.07 Å². The summed E-state index contributed by atoms with van der Waals surface area (Å²) >= 11 is 0. The molecule has 0 bridgehead atoms. The first-order valence-electron chi connectivity index (χ1n) is 4.52. The second-order valence-electron chi connectivity index (χ2n) is 4.49. The van der Waals surface area contributed by atoms with Gasteiger partial charge in [-0.25, -0.2) is 4.39 Å². The van der Waals surface area contributed by atoms with Crippen LogP contribution in [0, 0.1) is 11.2 Å². The number of pyridine rings is 1. The third-order valence-corrected chi connectivity index (χ3v) is 2.49. The molecule has 0 aliphatic rings. The summed E-state index contributed by atoms with van der Waals surface area (Å²) in [4.78, 5) is 4.07. The summed E-state index contributed by atoms with van der Waals surface area (Å²) in [6.07, 6.45) is 1.28. The number of rotatable bonds is 1. The van der Waals surface area contributed by atoms with E-state index in [9.17, 15) is 4.39 Å². The Morgan fingerprint density at radius 3 is 2.31 bits per heavy atom. The van der Waals surface area contributed by atoms with E-state index in [0.29, 0.717) is 5.92 Å². The van der Waals surface area contributed by atoms with Crippen molar-refractivity contribution in [1.29, 1.82) is 0 Å². The molecule has 0 aromatic carbocycles. The SMILES string of the molecule is CC(c1ccc(F)cn1)C(C)(C)C. The highest BCUT2D eigenvalue weighted by atomic mass is 19.1. The van der Waals surface area contributed by atoms with E-state index in [2.05, 4.69) is 32.7 Å². The van der Waals surface area contributed by atoms with Gasteiger partial charge >= 0.3 is 0 Å². The molecule has 1 rings (SSSR count). The topological polar surface area (TPSA) is 12.9 Å². The first-order valence-corrected chi connectivity index (χ1v) is 4.52. The lowest BCUT2D eigenvalue weighted by atomic mass is 9.80. The minimum Gasteiger partial charge on any atom is -0.258 e. The highest BCUT2D eigenvalue weighted by Crippen LogP contribution is 2.32. The fraction of sp³-hybridized carbons (Fsp3) is 0.545. The molecule has 1 unspecified atom stereocenters. The smallest absolute Gasteiger partial charge is 0.141 e. The van der Waals surface area contributed by atoms with Gasteiger partial charge in [-0.3, -0.25) is 4.98 Å². The van der Waals surface area contributed by atoms with Crippen LogP contribution >= 0.6 is 0 Å². The quantitative estimate of drug-likeness (QED) is 0.647. The minimum absolute atomic E-state index is 0.171. The van der Waals surface area contributed by atoms with Crippen molar-refractivity contribution in [2.75, 3.05) is 0 Å². The molecule has 1 aromatic rings. The molecule has 0 aliphatic carbocycles. The van der Waals surface area contributed by atoms with Crippen molar-refractivity contribution >= 4 is 0 Å². The summed E-state index contributed by atoms with van der Waals surface area (Å²) in [5.74, 6) is 0.0676. The average Bonchev–Trinajstić information content (AvgIpc) is 2.03. The fourth-order valence-electron chi connectivity index (χ4n) is 1.09. The van der Waals surface area contributed by atoms with Crippen LogP contribution < -0.4 is 0 Å². The molecule has 0 saturated heterocycles. The summed E-state index contributed by atoms with van der Waals surface area (Å²) in [6.45, 7) is 8.58. The Bertz CT molecular complexity index is 271. The van der Waals surface area contributed by atoms with Gasteiger partial charge in [-0.15, -0.1) is 0 Å². The Kier molecular flexibility index (Phi) is 2.69. The van der Waals surface area contributed by atoms with Crippen molar-refractivity contribution in [2.45, 2.75) is 33.6 Å². The molecule has 13 heavy (non-hydrogen) atoms. The van der Waals surface area contributed by atoms with Gasteiger partial charge in [0, 0.05) is 11.6 Å². The van der Waals surface area contributed by atoms with E-state index >= 15 is 0 Å². The average molecular weight is 181 g/mol. The molecule has 2 heteroatoms.